The predicted octanol–water partition coefficient (Wildman–Crippen LogP) is 1.59. The molecule has 0 aromatic heterocycles. The number of ether oxygens (including phenoxy) is 1. The smallest absolute Gasteiger partial charge is 0.0465 e. The number of nitrogens with zero attached hydrogens (tertiary/aromatic N) is 1. The van der Waals surface area contributed by atoms with Crippen molar-refractivity contribution in [3.63, 3.8) is 0 Å². The minimum atomic E-state index is 0.618. The van der Waals surface area contributed by atoms with E-state index in [4.69, 9.17) is 4.74 Å². The summed E-state index contributed by atoms with van der Waals surface area (Å²) in [6.07, 6.45) is 2.35. The van der Waals surface area contributed by atoms with E-state index in [0.717, 1.165) is 26.1 Å². The van der Waals surface area contributed by atoms with Crippen molar-refractivity contribution in [2.24, 2.45) is 5.92 Å². The molecule has 3 heteroatoms. The highest BCUT2D eigenvalue weighted by molar-refractivity contribution is 4.73. The molecule has 15 heavy (non-hydrogen) atoms. The average molecular weight is 216 g/mol. The van der Waals surface area contributed by atoms with Crippen LogP contribution in [0, 0.1) is 5.92 Å². The van der Waals surface area contributed by atoms with E-state index in [1.165, 1.54) is 6.42 Å². The quantitative estimate of drug-likeness (QED) is 0.633. The summed E-state index contributed by atoms with van der Waals surface area (Å²) in [6.45, 7) is 7.54. The Morgan fingerprint density at radius 1 is 1.27 bits per heavy atom. The van der Waals surface area contributed by atoms with Crippen molar-refractivity contribution in [1.29, 1.82) is 0 Å². The van der Waals surface area contributed by atoms with Gasteiger partial charge in [0.1, 0.15) is 0 Å². The molecular formula is C12H28N2O. The number of nitrogens with one attached hydrogen (secondary N) is 1. The molecule has 0 bridgehead atoms. The van der Waals surface area contributed by atoms with Gasteiger partial charge in [-0.1, -0.05) is 13.8 Å². The van der Waals surface area contributed by atoms with Crippen molar-refractivity contribution in [3.8, 4) is 0 Å². The van der Waals surface area contributed by atoms with Crippen LogP contribution in [0.1, 0.15) is 26.7 Å². The third kappa shape index (κ3) is 7.77. The van der Waals surface area contributed by atoms with E-state index in [1.807, 2.05) is 0 Å². The van der Waals surface area contributed by atoms with Crippen LogP contribution in [-0.2, 0) is 4.74 Å². The van der Waals surface area contributed by atoms with Gasteiger partial charge in [0.25, 0.3) is 0 Å². The summed E-state index contributed by atoms with van der Waals surface area (Å²) >= 11 is 0. The maximum Gasteiger partial charge on any atom is 0.0465 e. The van der Waals surface area contributed by atoms with E-state index >= 15 is 0 Å². The maximum atomic E-state index is 5.13. The number of rotatable bonds is 9. The average Bonchev–Trinajstić information content (AvgIpc) is 2.20. The van der Waals surface area contributed by atoms with Crippen LogP contribution < -0.4 is 5.32 Å². The standard InChI is InChI=1S/C12H28N2O/c1-6-13-12(7-9-14(3)4)11(2)8-10-15-5/h11-13H,6-10H2,1-5H3. The topological polar surface area (TPSA) is 24.5 Å². The molecule has 0 aromatic carbocycles. The molecular weight excluding hydrogens is 188 g/mol. The second-order valence-corrected chi connectivity index (χ2v) is 4.51. The van der Waals surface area contributed by atoms with Crippen molar-refractivity contribution in [2.75, 3.05) is 40.9 Å². The lowest BCUT2D eigenvalue weighted by Crippen LogP contribution is -2.37. The van der Waals surface area contributed by atoms with Gasteiger partial charge >= 0.3 is 0 Å². The first-order chi connectivity index (χ1) is 7.11. The molecule has 2 atom stereocenters. The third-order valence-electron chi connectivity index (χ3n) is 2.82. The van der Waals surface area contributed by atoms with Crippen molar-refractivity contribution in [3.05, 3.63) is 0 Å². The summed E-state index contributed by atoms with van der Waals surface area (Å²) < 4.78 is 5.13. The summed E-state index contributed by atoms with van der Waals surface area (Å²) in [5.41, 5.74) is 0. The Morgan fingerprint density at radius 2 is 1.93 bits per heavy atom. The van der Waals surface area contributed by atoms with Gasteiger partial charge in [-0.15, -0.1) is 0 Å². The van der Waals surface area contributed by atoms with E-state index < -0.39 is 0 Å². The Labute approximate surface area is 95.2 Å². The molecule has 3 nitrogen and oxygen atoms in total. The fourth-order valence-electron chi connectivity index (χ4n) is 1.75. The van der Waals surface area contributed by atoms with Crippen LogP contribution in [0.25, 0.3) is 0 Å². The summed E-state index contributed by atoms with van der Waals surface area (Å²) in [5.74, 6) is 0.685. The van der Waals surface area contributed by atoms with Crippen LogP contribution in [0.4, 0.5) is 0 Å². The molecule has 0 saturated carbocycles. The maximum absolute atomic E-state index is 5.13. The van der Waals surface area contributed by atoms with Gasteiger partial charge in [-0.05, 0) is 45.9 Å². The highest BCUT2D eigenvalue weighted by Gasteiger charge is 2.15. The lowest BCUT2D eigenvalue weighted by atomic mass is 9.95. The zero-order valence-corrected chi connectivity index (χ0v) is 11.0. The SMILES string of the molecule is CCNC(CCN(C)C)C(C)CCOC. The Hall–Kier alpha value is -0.120. The van der Waals surface area contributed by atoms with Crippen LogP contribution >= 0.6 is 0 Å². The number of methoxy groups -OCH3 is 1. The van der Waals surface area contributed by atoms with Gasteiger partial charge in [-0.3, -0.25) is 0 Å². The molecule has 1 N–H and O–H groups in total. The monoisotopic (exact) mass is 216 g/mol. The van der Waals surface area contributed by atoms with Crippen LogP contribution in [0.15, 0.2) is 0 Å². The Balaban J connectivity index is 3.88. The van der Waals surface area contributed by atoms with E-state index in [9.17, 15) is 0 Å². The lowest BCUT2D eigenvalue weighted by Gasteiger charge is -2.26. The zero-order valence-electron chi connectivity index (χ0n) is 11.0. The minimum absolute atomic E-state index is 0.618. The highest BCUT2D eigenvalue weighted by atomic mass is 16.5. The fourth-order valence-corrected chi connectivity index (χ4v) is 1.75. The first-order valence-electron chi connectivity index (χ1n) is 5.98. The van der Waals surface area contributed by atoms with Gasteiger partial charge in [0, 0.05) is 19.8 Å². The van der Waals surface area contributed by atoms with Crippen LogP contribution in [-0.4, -0.2) is 51.8 Å². The van der Waals surface area contributed by atoms with Crippen LogP contribution in [0.2, 0.25) is 0 Å². The molecule has 0 aliphatic carbocycles. The van der Waals surface area contributed by atoms with Crippen molar-refractivity contribution < 1.29 is 4.74 Å². The number of hydrogen-bond acceptors (Lipinski definition) is 3. The molecule has 0 aliphatic rings. The molecule has 0 spiro atoms. The van der Waals surface area contributed by atoms with Gasteiger partial charge in [0.15, 0.2) is 0 Å². The van der Waals surface area contributed by atoms with Gasteiger partial charge < -0.3 is 15.0 Å². The second kappa shape index (κ2) is 9.13. The summed E-state index contributed by atoms with van der Waals surface area (Å²) in [6, 6.07) is 0.618. The van der Waals surface area contributed by atoms with Gasteiger partial charge in [-0.2, -0.15) is 0 Å². The first kappa shape index (κ1) is 14.9. The van der Waals surface area contributed by atoms with Crippen molar-refractivity contribution >= 4 is 0 Å². The zero-order chi connectivity index (χ0) is 11.7. The summed E-state index contributed by atoms with van der Waals surface area (Å²) in [4.78, 5) is 2.24. The van der Waals surface area contributed by atoms with E-state index in [0.29, 0.717) is 12.0 Å². The van der Waals surface area contributed by atoms with E-state index in [2.05, 4.69) is 38.2 Å². The fraction of sp³-hybridized carbons (Fsp3) is 1.00. The molecule has 0 radical (unpaired) electrons. The van der Waals surface area contributed by atoms with Crippen molar-refractivity contribution in [1.82, 2.24) is 10.2 Å². The minimum Gasteiger partial charge on any atom is -0.385 e. The third-order valence-corrected chi connectivity index (χ3v) is 2.82. The van der Waals surface area contributed by atoms with Crippen LogP contribution in [0.3, 0.4) is 0 Å². The molecule has 92 valence electrons. The van der Waals surface area contributed by atoms with E-state index in [-0.39, 0.29) is 0 Å². The highest BCUT2D eigenvalue weighted by Crippen LogP contribution is 2.11. The summed E-state index contributed by atoms with van der Waals surface area (Å²) in [5, 5.41) is 3.56. The lowest BCUT2D eigenvalue weighted by molar-refractivity contribution is 0.167. The normalized spacial score (nSPS) is 15.6. The molecule has 0 heterocycles. The van der Waals surface area contributed by atoms with Crippen LogP contribution in [0.5, 0.6) is 0 Å². The van der Waals surface area contributed by atoms with Gasteiger partial charge in [0.2, 0.25) is 0 Å². The largest absolute Gasteiger partial charge is 0.385 e. The number of hydrogen-bond donors (Lipinski definition) is 1. The summed E-state index contributed by atoms with van der Waals surface area (Å²) in [7, 11) is 6.03. The molecule has 0 aliphatic heterocycles. The molecule has 0 amide bonds. The van der Waals surface area contributed by atoms with Gasteiger partial charge in [0.05, 0.1) is 0 Å². The molecule has 0 saturated heterocycles. The molecule has 2 unspecified atom stereocenters. The van der Waals surface area contributed by atoms with E-state index in [1.54, 1.807) is 7.11 Å². The predicted molar refractivity (Wildman–Crippen MR) is 66.3 cm³/mol. The molecule has 0 rings (SSSR count). The second-order valence-electron chi connectivity index (χ2n) is 4.51. The van der Waals surface area contributed by atoms with Crippen molar-refractivity contribution in [2.45, 2.75) is 32.7 Å². The Morgan fingerprint density at radius 3 is 2.40 bits per heavy atom. The van der Waals surface area contributed by atoms with Gasteiger partial charge in [-0.25, -0.2) is 0 Å². The molecule has 0 fully saturated rings. The molecule has 0 aromatic rings. The Kier molecular flexibility index (Phi) is 9.06. The Bertz CT molecular complexity index is 140. The first-order valence-corrected chi connectivity index (χ1v) is 5.98.